The zero-order chi connectivity index (χ0) is 22.1. The maximum absolute atomic E-state index is 13.1. The van der Waals surface area contributed by atoms with Crippen LogP contribution in [0, 0.1) is 13.8 Å². The molecule has 1 aliphatic heterocycles. The largest absolute Gasteiger partial charge is 0.341 e. The molecular formula is C24H26N6OS. The van der Waals surface area contributed by atoms with Crippen molar-refractivity contribution in [2.24, 2.45) is 0 Å². The van der Waals surface area contributed by atoms with Crippen molar-refractivity contribution in [3.05, 3.63) is 71.9 Å². The molecule has 7 nitrogen and oxygen atoms in total. The number of aryl methyl sites for hydroxylation is 2. The number of imidazole rings is 1. The number of hydrogen-bond donors (Lipinski definition) is 0. The summed E-state index contributed by atoms with van der Waals surface area (Å²) in [5.74, 6) is 1.65. The van der Waals surface area contributed by atoms with Gasteiger partial charge < -0.3 is 4.90 Å². The van der Waals surface area contributed by atoms with Crippen LogP contribution in [-0.2, 0) is 4.79 Å². The van der Waals surface area contributed by atoms with Gasteiger partial charge in [0.25, 0.3) is 0 Å². The summed E-state index contributed by atoms with van der Waals surface area (Å²) in [7, 11) is 0. The second-order valence-corrected chi connectivity index (χ2v) is 9.32. The number of rotatable bonds is 5. The summed E-state index contributed by atoms with van der Waals surface area (Å²) < 4.78 is 4.09. The Kier molecular flexibility index (Phi) is 5.70. The molecular weight excluding hydrogens is 420 g/mol. The first-order valence-electron chi connectivity index (χ1n) is 10.9. The first-order valence-corrected chi connectivity index (χ1v) is 11.9. The number of carbonyl (C=O) groups excluding carboxylic acids is 1. The van der Waals surface area contributed by atoms with Crippen LogP contribution in [0.3, 0.4) is 0 Å². The quantitative estimate of drug-likeness (QED) is 0.433. The van der Waals surface area contributed by atoms with Crippen molar-refractivity contribution in [2.75, 3.05) is 18.8 Å². The van der Waals surface area contributed by atoms with Crippen LogP contribution >= 0.6 is 11.8 Å². The molecule has 1 atom stereocenters. The van der Waals surface area contributed by atoms with E-state index in [1.807, 2.05) is 39.9 Å². The molecule has 3 aromatic heterocycles. The van der Waals surface area contributed by atoms with E-state index >= 15 is 0 Å². The predicted molar refractivity (Wildman–Crippen MR) is 125 cm³/mol. The van der Waals surface area contributed by atoms with Crippen molar-refractivity contribution in [3.8, 4) is 5.69 Å². The van der Waals surface area contributed by atoms with Gasteiger partial charge in [0, 0.05) is 43.3 Å². The summed E-state index contributed by atoms with van der Waals surface area (Å²) in [5, 5.41) is 9.53. The molecule has 0 radical (unpaired) electrons. The zero-order valence-corrected chi connectivity index (χ0v) is 19.1. The lowest BCUT2D eigenvalue weighted by Gasteiger charge is -2.32. The van der Waals surface area contributed by atoms with E-state index in [-0.39, 0.29) is 11.8 Å². The SMILES string of the molecule is Cc1cc(C)cc(-n2ccnc2SCC(=O)N2CCCC(c3nnc4ccccn34)C2)c1. The Balaban J connectivity index is 1.27. The third-order valence-corrected chi connectivity index (χ3v) is 6.85. The first kappa shape index (κ1) is 20.8. The third-order valence-electron chi connectivity index (χ3n) is 5.90. The van der Waals surface area contributed by atoms with Gasteiger partial charge >= 0.3 is 0 Å². The van der Waals surface area contributed by atoms with Crippen LogP contribution in [0.15, 0.2) is 60.1 Å². The highest BCUT2D eigenvalue weighted by atomic mass is 32.2. The number of nitrogens with zero attached hydrogens (tertiary/aromatic N) is 6. The number of aromatic nitrogens is 5. The van der Waals surface area contributed by atoms with Gasteiger partial charge in [-0.2, -0.15) is 0 Å². The van der Waals surface area contributed by atoms with Gasteiger partial charge in [-0.1, -0.05) is 23.9 Å². The van der Waals surface area contributed by atoms with Crippen LogP contribution in [-0.4, -0.2) is 53.8 Å². The fraction of sp³-hybridized carbons (Fsp3) is 0.333. The highest BCUT2D eigenvalue weighted by Crippen LogP contribution is 2.28. The summed E-state index contributed by atoms with van der Waals surface area (Å²) in [4.78, 5) is 19.5. The smallest absolute Gasteiger partial charge is 0.233 e. The maximum atomic E-state index is 13.1. The average Bonchev–Trinajstić information content (AvgIpc) is 3.44. The highest BCUT2D eigenvalue weighted by molar-refractivity contribution is 7.99. The molecule has 1 aliphatic rings. The van der Waals surface area contributed by atoms with E-state index in [1.165, 1.54) is 22.9 Å². The molecule has 1 aromatic carbocycles. The van der Waals surface area contributed by atoms with Crippen LogP contribution in [0.1, 0.15) is 35.7 Å². The van der Waals surface area contributed by atoms with Gasteiger partial charge in [0.05, 0.1) is 5.75 Å². The van der Waals surface area contributed by atoms with Crippen molar-refractivity contribution < 1.29 is 4.79 Å². The standard InChI is InChI=1S/C24H26N6OS/c1-17-12-18(2)14-20(13-17)29-11-8-25-24(29)32-16-22(31)28-9-5-6-19(15-28)23-27-26-21-7-3-4-10-30(21)23/h3-4,7-8,10-14,19H,5-6,9,15-16H2,1-2H3. The second-order valence-electron chi connectivity index (χ2n) is 8.38. The van der Waals surface area contributed by atoms with E-state index in [2.05, 4.69) is 51.8 Å². The monoisotopic (exact) mass is 446 g/mol. The van der Waals surface area contributed by atoms with Crippen molar-refractivity contribution in [1.82, 2.24) is 29.0 Å². The Morgan fingerprint density at radius 1 is 1.12 bits per heavy atom. The van der Waals surface area contributed by atoms with Gasteiger partial charge in [-0.05, 0) is 62.1 Å². The number of carbonyl (C=O) groups is 1. The van der Waals surface area contributed by atoms with Crippen LogP contribution in [0.5, 0.6) is 0 Å². The number of amides is 1. The van der Waals surface area contributed by atoms with Gasteiger partial charge in [-0.25, -0.2) is 4.98 Å². The molecule has 0 saturated carbocycles. The molecule has 4 heterocycles. The molecule has 1 saturated heterocycles. The van der Waals surface area contributed by atoms with Gasteiger partial charge in [0.1, 0.15) is 5.82 Å². The molecule has 0 aliphatic carbocycles. The maximum Gasteiger partial charge on any atom is 0.233 e. The fourth-order valence-electron chi connectivity index (χ4n) is 4.45. The molecule has 1 fully saturated rings. The minimum absolute atomic E-state index is 0.142. The summed E-state index contributed by atoms with van der Waals surface area (Å²) in [5.41, 5.74) is 4.34. The average molecular weight is 447 g/mol. The molecule has 164 valence electrons. The summed E-state index contributed by atoms with van der Waals surface area (Å²) in [6.45, 7) is 5.66. The normalized spacial score (nSPS) is 16.6. The van der Waals surface area contributed by atoms with E-state index < -0.39 is 0 Å². The van der Waals surface area contributed by atoms with Gasteiger partial charge in [0.15, 0.2) is 10.8 Å². The summed E-state index contributed by atoms with van der Waals surface area (Å²) >= 11 is 1.49. The molecule has 4 aromatic rings. The van der Waals surface area contributed by atoms with Crippen LogP contribution < -0.4 is 0 Å². The first-order chi connectivity index (χ1) is 15.6. The van der Waals surface area contributed by atoms with Crippen LogP contribution in [0.2, 0.25) is 0 Å². The Bertz CT molecular complexity index is 1240. The summed E-state index contributed by atoms with van der Waals surface area (Å²) in [6.07, 6.45) is 7.73. The van der Waals surface area contributed by atoms with E-state index in [4.69, 9.17) is 0 Å². The zero-order valence-electron chi connectivity index (χ0n) is 18.3. The highest BCUT2D eigenvalue weighted by Gasteiger charge is 2.28. The van der Waals surface area contributed by atoms with Gasteiger partial charge in [-0.3, -0.25) is 13.8 Å². The second kappa shape index (κ2) is 8.78. The lowest BCUT2D eigenvalue weighted by Crippen LogP contribution is -2.40. The Morgan fingerprint density at radius 3 is 2.81 bits per heavy atom. The van der Waals surface area contributed by atoms with Gasteiger partial charge in [0.2, 0.25) is 5.91 Å². The predicted octanol–water partition coefficient (Wildman–Crippen LogP) is 4.03. The number of benzene rings is 1. The van der Waals surface area contributed by atoms with E-state index in [1.54, 1.807) is 6.20 Å². The summed E-state index contributed by atoms with van der Waals surface area (Å²) in [6, 6.07) is 12.3. The van der Waals surface area contributed by atoms with Crippen molar-refractivity contribution in [2.45, 2.75) is 37.8 Å². The minimum atomic E-state index is 0.142. The van der Waals surface area contributed by atoms with Crippen molar-refractivity contribution >= 4 is 23.3 Å². The van der Waals surface area contributed by atoms with Crippen molar-refractivity contribution in [3.63, 3.8) is 0 Å². The van der Waals surface area contributed by atoms with E-state index in [0.717, 1.165) is 41.7 Å². The number of pyridine rings is 1. The topological polar surface area (TPSA) is 68.3 Å². The van der Waals surface area contributed by atoms with E-state index in [9.17, 15) is 4.79 Å². The van der Waals surface area contributed by atoms with E-state index in [0.29, 0.717) is 12.3 Å². The van der Waals surface area contributed by atoms with Crippen LogP contribution in [0.25, 0.3) is 11.3 Å². The number of likely N-dealkylation sites (tertiary alicyclic amines) is 1. The number of hydrogen-bond acceptors (Lipinski definition) is 5. The molecule has 5 rings (SSSR count). The molecule has 0 spiro atoms. The number of piperidine rings is 1. The Morgan fingerprint density at radius 2 is 1.97 bits per heavy atom. The fourth-order valence-corrected chi connectivity index (χ4v) is 5.33. The molecule has 0 N–H and O–H groups in total. The van der Waals surface area contributed by atoms with Gasteiger partial charge in [-0.15, -0.1) is 10.2 Å². The van der Waals surface area contributed by atoms with Crippen molar-refractivity contribution in [1.29, 1.82) is 0 Å². The Labute approximate surface area is 191 Å². The number of thioether (sulfide) groups is 1. The third kappa shape index (κ3) is 4.14. The lowest BCUT2D eigenvalue weighted by molar-refractivity contribution is -0.129. The molecule has 32 heavy (non-hydrogen) atoms. The molecule has 1 amide bonds. The molecule has 0 bridgehead atoms. The lowest BCUT2D eigenvalue weighted by atomic mass is 9.97. The molecule has 8 heteroatoms. The van der Waals surface area contributed by atoms with Crippen LogP contribution in [0.4, 0.5) is 0 Å². The Hall–Kier alpha value is -3.13. The number of fused-ring (bicyclic) bond motifs is 1. The molecule has 1 unspecified atom stereocenters. The minimum Gasteiger partial charge on any atom is -0.341 e.